The second-order valence-corrected chi connectivity index (χ2v) is 4.56. The minimum atomic E-state index is -0.956. The standard InChI is InChI=1S/C11H16N2O4/c12-10(15)8-5-9(14)13(11(8)16)6-7-1-3-17-4-2-7/h7-8H,1-6H2,(H2,12,15)/t8-/m0/s1. The number of nitrogens with two attached hydrogens (primary N) is 1. The molecule has 0 aliphatic carbocycles. The van der Waals surface area contributed by atoms with Gasteiger partial charge in [-0.1, -0.05) is 0 Å². The molecule has 0 spiro atoms. The number of likely N-dealkylation sites (tertiary alicyclic amines) is 1. The normalized spacial score (nSPS) is 26.6. The molecule has 0 aromatic rings. The molecule has 6 nitrogen and oxygen atoms in total. The van der Waals surface area contributed by atoms with Gasteiger partial charge in [-0.15, -0.1) is 0 Å². The zero-order valence-corrected chi connectivity index (χ0v) is 9.55. The van der Waals surface area contributed by atoms with Gasteiger partial charge in [-0.3, -0.25) is 19.3 Å². The molecule has 0 aromatic heterocycles. The van der Waals surface area contributed by atoms with Crippen molar-refractivity contribution >= 4 is 17.7 Å². The Morgan fingerprint density at radius 3 is 2.53 bits per heavy atom. The van der Waals surface area contributed by atoms with Crippen molar-refractivity contribution in [3.63, 3.8) is 0 Å². The Morgan fingerprint density at radius 2 is 2.00 bits per heavy atom. The topological polar surface area (TPSA) is 89.7 Å². The molecule has 2 N–H and O–H groups in total. The quantitative estimate of drug-likeness (QED) is 0.520. The Bertz CT molecular complexity index is 349. The van der Waals surface area contributed by atoms with Crippen LogP contribution in [0.1, 0.15) is 19.3 Å². The van der Waals surface area contributed by atoms with Crippen LogP contribution in [0.2, 0.25) is 0 Å². The van der Waals surface area contributed by atoms with E-state index in [4.69, 9.17) is 10.5 Å². The summed E-state index contributed by atoms with van der Waals surface area (Å²) in [5, 5.41) is 0. The number of imide groups is 1. The van der Waals surface area contributed by atoms with Gasteiger partial charge in [0.05, 0.1) is 0 Å². The fourth-order valence-electron chi connectivity index (χ4n) is 2.28. The highest BCUT2D eigenvalue weighted by atomic mass is 16.5. The Morgan fingerprint density at radius 1 is 1.35 bits per heavy atom. The van der Waals surface area contributed by atoms with E-state index in [-0.39, 0.29) is 18.2 Å². The predicted octanol–water partition coefficient (Wildman–Crippen LogP) is -0.727. The summed E-state index contributed by atoms with van der Waals surface area (Å²) in [6.45, 7) is 1.73. The molecule has 0 bridgehead atoms. The molecule has 17 heavy (non-hydrogen) atoms. The van der Waals surface area contributed by atoms with Crippen LogP contribution in [0.5, 0.6) is 0 Å². The average Bonchev–Trinajstić information content (AvgIpc) is 2.58. The number of rotatable bonds is 3. The molecule has 6 heteroatoms. The summed E-state index contributed by atoms with van der Waals surface area (Å²) in [4.78, 5) is 35.6. The second kappa shape index (κ2) is 4.83. The first-order valence-corrected chi connectivity index (χ1v) is 5.81. The summed E-state index contributed by atoms with van der Waals surface area (Å²) in [5.74, 6) is -2.11. The lowest BCUT2D eigenvalue weighted by molar-refractivity contribution is -0.141. The van der Waals surface area contributed by atoms with Crippen LogP contribution in [-0.4, -0.2) is 42.4 Å². The third kappa shape index (κ3) is 2.46. The van der Waals surface area contributed by atoms with Gasteiger partial charge < -0.3 is 10.5 Å². The molecule has 0 aromatic carbocycles. The molecule has 2 saturated heterocycles. The van der Waals surface area contributed by atoms with E-state index in [1.165, 1.54) is 4.90 Å². The maximum absolute atomic E-state index is 11.8. The molecule has 3 amide bonds. The van der Waals surface area contributed by atoms with Gasteiger partial charge >= 0.3 is 0 Å². The van der Waals surface area contributed by atoms with Crippen molar-refractivity contribution in [2.45, 2.75) is 19.3 Å². The lowest BCUT2D eigenvalue weighted by atomic mass is 10.00. The van der Waals surface area contributed by atoms with Gasteiger partial charge in [-0.2, -0.15) is 0 Å². The maximum atomic E-state index is 11.8. The van der Waals surface area contributed by atoms with Gasteiger partial charge in [0.2, 0.25) is 17.7 Å². The van der Waals surface area contributed by atoms with Gasteiger partial charge in [-0.25, -0.2) is 0 Å². The molecular formula is C11H16N2O4. The highest BCUT2D eigenvalue weighted by Gasteiger charge is 2.42. The van der Waals surface area contributed by atoms with Crippen LogP contribution in [0.25, 0.3) is 0 Å². The first-order valence-electron chi connectivity index (χ1n) is 5.81. The van der Waals surface area contributed by atoms with E-state index in [2.05, 4.69) is 0 Å². The Kier molecular flexibility index (Phi) is 3.42. The molecule has 2 aliphatic heterocycles. The smallest absolute Gasteiger partial charge is 0.242 e. The minimum absolute atomic E-state index is 0.0720. The lowest BCUT2D eigenvalue weighted by Crippen LogP contribution is -2.38. The fraction of sp³-hybridized carbons (Fsp3) is 0.727. The van der Waals surface area contributed by atoms with Crippen molar-refractivity contribution in [2.24, 2.45) is 17.6 Å². The van der Waals surface area contributed by atoms with E-state index in [0.717, 1.165) is 12.8 Å². The molecule has 1 atom stereocenters. The summed E-state index contributed by atoms with van der Waals surface area (Å²) in [6.07, 6.45) is 1.62. The number of hydrogen-bond donors (Lipinski definition) is 1. The van der Waals surface area contributed by atoms with Crippen LogP contribution in [0.15, 0.2) is 0 Å². The fourth-order valence-corrected chi connectivity index (χ4v) is 2.28. The second-order valence-electron chi connectivity index (χ2n) is 4.56. The van der Waals surface area contributed by atoms with Crippen LogP contribution in [0, 0.1) is 11.8 Å². The third-order valence-electron chi connectivity index (χ3n) is 3.37. The van der Waals surface area contributed by atoms with E-state index in [9.17, 15) is 14.4 Å². The van der Waals surface area contributed by atoms with Gasteiger partial charge in [0.15, 0.2) is 0 Å². The molecular weight excluding hydrogens is 224 g/mol. The molecule has 0 saturated carbocycles. The van der Waals surface area contributed by atoms with Crippen LogP contribution in [0.3, 0.4) is 0 Å². The van der Waals surface area contributed by atoms with Crippen LogP contribution in [-0.2, 0) is 19.1 Å². The van der Waals surface area contributed by atoms with E-state index in [1.54, 1.807) is 0 Å². The molecule has 94 valence electrons. The van der Waals surface area contributed by atoms with Crippen molar-refractivity contribution in [1.82, 2.24) is 4.90 Å². The third-order valence-corrected chi connectivity index (χ3v) is 3.37. The predicted molar refractivity (Wildman–Crippen MR) is 57.6 cm³/mol. The summed E-state index contributed by atoms with van der Waals surface area (Å²) in [5.41, 5.74) is 5.09. The lowest BCUT2D eigenvalue weighted by Gasteiger charge is -2.25. The van der Waals surface area contributed by atoms with Crippen molar-refractivity contribution in [1.29, 1.82) is 0 Å². The van der Waals surface area contributed by atoms with E-state index < -0.39 is 17.7 Å². The van der Waals surface area contributed by atoms with Crippen molar-refractivity contribution < 1.29 is 19.1 Å². The zero-order valence-electron chi connectivity index (χ0n) is 9.55. The van der Waals surface area contributed by atoms with Crippen LogP contribution < -0.4 is 5.73 Å². The van der Waals surface area contributed by atoms with Crippen LogP contribution in [0.4, 0.5) is 0 Å². The monoisotopic (exact) mass is 240 g/mol. The SMILES string of the molecule is NC(=O)[C@@H]1CC(=O)N(CC2CCOCC2)C1=O. The number of hydrogen-bond acceptors (Lipinski definition) is 4. The summed E-state index contributed by atoms with van der Waals surface area (Å²) < 4.78 is 5.21. The zero-order chi connectivity index (χ0) is 12.4. The minimum Gasteiger partial charge on any atom is -0.381 e. The largest absolute Gasteiger partial charge is 0.381 e. The molecule has 2 rings (SSSR count). The average molecular weight is 240 g/mol. The van der Waals surface area contributed by atoms with Gasteiger partial charge in [0, 0.05) is 26.2 Å². The van der Waals surface area contributed by atoms with Gasteiger partial charge in [-0.05, 0) is 18.8 Å². The summed E-state index contributed by atoms with van der Waals surface area (Å²) >= 11 is 0. The number of amides is 3. The summed E-state index contributed by atoms with van der Waals surface area (Å²) in [6, 6.07) is 0. The van der Waals surface area contributed by atoms with Crippen molar-refractivity contribution in [2.75, 3.05) is 19.8 Å². The Labute approximate surface area is 99.1 Å². The van der Waals surface area contributed by atoms with Gasteiger partial charge in [0.25, 0.3) is 0 Å². The first-order chi connectivity index (χ1) is 8.09. The van der Waals surface area contributed by atoms with Crippen molar-refractivity contribution in [3.05, 3.63) is 0 Å². The molecule has 2 aliphatic rings. The molecule has 2 heterocycles. The number of carbonyl (C=O) groups excluding carboxylic acids is 3. The first kappa shape index (κ1) is 12.0. The number of ether oxygens (including phenoxy) is 1. The van der Waals surface area contributed by atoms with Crippen LogP contribution >= 0.6 is 0 Å². The molecule has 0 radical (unpaired) electrons. The van der Waals surface area contributed by atoms with Gasteiger partial charge in [0.1, 0.15) is 5.92 Å². The Balaban J connectivity index is 1.98. The van der Waals surface area contributed by atoms with E-state index >= 15 is 0 Å². The summed E-state index contributed by atoms with van der Waals surface area (Å²) in [7, 11) is 0. The Hall–Kier alpha value is -1.43. The number of nitrogens with zero attached hydrogens (tertiary/aromatic N) is 1. The van der Waals surface area contributed by atoms with Crippen molar-refractivity contribution in [3.8, 4) is 0 Å². The highest BCUT2D eigenvalue weighted by molar-refractivity contribution is 6.13. The number of carbonyl (C=O) groups is 3. The van der Waals surface area contributed by atoms with E-state index in [1.807, 2.05) is 0 Å². The highest BCUT2D eigenvalue weighted by Crippen LogP contribution is 2.23. The molecule has 0 unspecified atom stereocenters. The van der Waals surface area contributed by atoms with E-state index in [0.29, 0.717) is 19.8 Å². The number of primary amides is 1. The molecule has 2 fully saturated rings. The maximum Gasteiger partial charge on any atom is 0.242 e.